The molecule has 2 N–H and O–H groups in total. The molecule has 1 aliphatic rings. The Morgan fingerprint density at radius 1 is 1.21 bits per heavy atom. The van der Waals surface area contributed by atoms with Crippen LogP contribution in [0, 0.1) is 12.8 Å². The van der Waals surface area contributed by atoms with E-state index in [2.05, 4.69) is 58.9 Å². The molecule has 9 heteroatoms. The molecule has 0 saturated carbocycles. The van der Waals surface area contributed by atoms with Gasteiger partial charge in [-0.1, -0.05) is 19.4 Å². The molecule has 0 amide bonds. The number of nitrogens with two attached hydrogens (primary N) is 1. The van der Waals surface area contributed by atoms with Gasteiger partial charge in [-0.15, -0.1) is 5.10 Å². The highest BCUT2D eigenvalue weighted by molar-refractivity contribution is 5.60. The van der Waals surface area contributed by atoms with Crippen molar-refractivity contribution >= 4 is 17.3 Å². The molecule has 0 spiro atoms. The van der Waals surface area contributed by atoms with Gasteiger partial charge in [-0.3, -0.25) is 0 Å². The van der Waals surface area contributed by atoms with Crippen LogP contribution in [-0.2, 0) is 6.42 Å². The van der Waals surface area contributed by atoms with Crippen molar-refractivity contribution in [2.24, 2.45) is 5.92 Å². The number of rotatable bonds is 9. The van der Waals surface area contributed by atoms with Gasteiger partial charge in [0, 0.05) is 32.3 Å². The van der Waals surface area contributed by atoms with E-state index in [0.29, 0.717) is 17.9 Å². The van der Waals surface area contributed by atoms with Crippen molar-refractivity contribution in [2.75, 3.05) is 44.4 Å². The number of imidazole rings is 1. The number of aryl methyl sites for hydroxylation is 1. The van der Waals surface area contributed by atoms with Gasteiger partial charge in [0.25, 0.3) is 0 Å². The van der Waals surface area contributed by atoms with Gasteiger partial charge in [0.1, 0.15) is 5.82 Å². The molecule has 3 aromatic rings. The van der Waals surface area contributed by atoms with Crippen molar-refractivity contribution in [3.8, 4) is 6.01 Å². The van der Waals surface area contributed by atoms with Crippen LogP contribution in [0.2, 0.25) is 0 Å². The van der Waals surface area contributed by atoms with Crippen molar-refractivity contribution in [3.05, 3.63) is 35.3 Å². The molecular weight excluding hydrogens is 428 g/mol. The van der Waals surface area contributed by atoms with Gasteiger partial charge in [-0.2, -0.15) is 4.98 Å². The third-order valence-corrected chi connectivity index (χ3v) is 6.47. The van der Waals surface area contributed by atoms with Crippen LogP contribution in [0.4, 0.5) is 11.6 Å². The maximum atomic E-state index is 6.14. The van der Waals surface area contributed by atoms with Crippen LogP contribution < -0.4 is 15.4 Å². The molecule has 9 nitrogen and oxygen atoms in total. The number of hydrogen-bond donors (Lipinski definition) is 1. The first-order valence-corrected chi connectivity index (χ1v) is 12.4. The molecule has 1 atom stereocenters. The highest BCUT2D eigenvalue weighted by Gasteiger charge is 2.22. The van der Waals surface area contributed by atoms with Gasteiger partial charge in [0.2, 0.25) is 0 Å². The number of fused-ring (bicyclic) bond motifs is 1. The van der Waals surface area contributed by atoms with Crippen molar-refractivity contribution in [2.45, 2.75) is 59.0 Å². The minimum absolute atomic E-state index is 0.0289. The minimum Gasteiger partial charge on any atom is -0.459 e. The van der Waals surface area contributed by atoms with E-state index in [4.69, 9.17) is 15.5 Å². The Bertz CT molecular complexity index is 1100. The highest BCUT2D eigenvalue weighted by atomic mass is 16.5. The third kappa shape index (κ3) is 5.58. The smallest absolute Gasteiger partial charge is 0.336 e. The number of piperidine rings is 1. The molecule has 4 heterocycles. The Labute approximate surface area is 202 Å². The largest absolute Gasteiger partial charge is 0.459 e. The summed E-state index contributed by atoms with van der Waals surface area (Å²) < 4.78 is 7.62. The van der Waals surface area contributed by atoms with Crippen molar-refractivity contribution in [3.63, 3.8) is 0 Å². The summed E-state index contributed by atoms with van der Waals surface area (Å²) in [5.74, 6) is 2.19. The summed E-state index contributed by atoms with van der Waals surface area (Å²) in [4.78, 5) is 18.3. The topological polar surface area (TPSA) is 97.7 Å². The van der Waals surface area contributed by atoms with Crippen molar-refractivity contribution in [1.82, 2.24) is 29.5 Å². The van der Waals surface area contributed by atoms with Crippen molar-refractivity contribution < 1.29 is 4.74 Å². The lowest BCUT2D eigenvalue weighted by Crippen LogP contribution is -2.37. The van der Waals surface area contributed by atoms with E-state index in [1.807, 2.05) is 13.1 Å². The summed E-state index contributed by atoms with van der Waals surface area (Å²) in [7, 11) is 4.31. The third-order valence-electron chi connectivity index (χ3n) is 6.47. The van der Waals surface area contributed by atoms with Crippen LogP contribution in [-0.4, -0.2) is 69.3 Å². The van der Waals surface area contributed by atoms with Crippen LogP contribution in [0.5, 0.6) is 6.01 Å². The lowest BCUT2D eigenvalue weighted by molar-refractivity contribution is 0.189. The van der Waals surface area contributed by atoms with E-state index < -0.39 is 0 Å². The maximum Gasteiger partial charge on any atom is 0.336 e. The number of hydrogen-bond acceptors (Lipinski definition) is 8. The Morgan fingerprint density at radius 2 is 1.97 bits per heavy atom. The van der Waals surface area contributed by atoms with Gasteiger partial charge in [-0.25, -0.2) is 14.5 Å². The molecule has 0 aromatic carbocycles. The molecular formula is C25H38N8O. The number of nitrogen functional groups attached to an aromatic ring is 1. The van der Waals surface area contributed by atoms with E-state index in [1.54, 1.807) is 10.7 Å². The molecule has 0 radical (unpaired) electrons. The van der Waals surface area contributed by atoms with Gasteiger partial charge >= 0.3 is 6.01 Å². The van der Waals surface area contributed by atoms with Crippen molar-refractivity contribution in [1.29, 1.82) is 0 Å². The summed E-state index contributed by atoms with van der Waals surface area (Å²) in [6, 6.07) is 2.51. The quantitative estimate of drug-likeness (QED) is 0.513. The van der Waals surface area contributed by atoms with Crippen LogP contribution in [0.3, 0.4) is 0 Å². The average Bonchev–Trinajstić information content (AvgIpc) is 3.17. The minimum atomic E-state index is 0.0289. The number of pyridine rings is 1. The lowest BCUT2D eigenvalue weighted by atomic mass is 9.96. The second-order valence-corrected chi connectivity index (χ2v) is 9.84. The van der Waals surface area contributed by atoms with Crippen LogP contribution in [0.25, 0.3) is 5.65 Å². The van der Waals surface area contributed by atoms with Crippen LogP contribution in [0.15, 0.2) is 18.5 Å². The average molecular weight is 467 g/mol. The second kappa shape index (κ2) is 10.5. The van der Waals surface area contributed by atoms with Crippen LogP contribution >= 0.6 is 0 Å². The first-order chi connectivity index (χ1) is 16.3. The summed E-state index contributed by atoms with van der Waals surface area (Å²) in [5.41, 5.74) is 9.93. The predicted molar refractivity (Wildman–Crippen MR) is 135 cm³/mol. The molecule has 1 aliphatic heterocycles. The highest BCUT2D eigenvalue weighted by Crippen LogP contribution is 2.26. The normalized spacial score (nSPS) is 15.9. The van der Waals surface area contributed by atoms with E-state index in [1.165, 1.54) is 18.4 Å². The van der Waals surface area contributed by atoms with E-state index in [0.717, 1.165) is 55.5 Å². The predicted octanol–water partition coefficient (Wildman–Crippen LogP) is 3.35. The molecule has 4 rings (SSSR count). The fourth-order valence-corrected chi connectivity index (χ4v) is 4.85. The summed E-state index contributed by atoms with van der Waals surface area (Å²) in [6.45, 7) is 9.58. The Balaban J connectivity index is 1.48. The standard InChI is InChI=1S/C25H38N8O/c1-6-7-18(3)34-25-29-22(26)24-28-15-21(33(24)30-25)13-20-12-17(2)23(27-14-20)32-10-8-19(9-11-32)16-31(4)5/h12,14-15,18-19H,6-11,13,16H2,1-5H3,(H2,26,29,30)/t18-/m1/s1. The Kier molecular flexibility index (Phi) is 7.50. The molecule has 0 aliphatic carbocycles. The molecule has 0 bridgehead atoms. The molecule has 1 fully saturated rings. The monoisotopic (exact) mass is 466 g/mol. The number of aromatic nitrogens is 5. The van der Waals surface area contributed by atoms with E-state index in [9.17, 15) is 0 Å². The Hall–Kier alpha value is -2.94. The molecule has 1 saturated heterocycles. The number of ether oxygens (including phenoxy) is 1. The first kappa shape index (κ1) is 24.2. The lowest BCUT2D eigenvalue weighted by Gasteiger charge is -2.34. The molecule has 184 valence electrons. The zero-order valence-corrected chi connectivity index (χ0v) is 21.2. The molecule has 34 heavy (non-hydrogen) atoms. The number of anilines is 2. The fraction of sp³-hybridized carbons (Fsp3) is 0.600. The van der Waals surface area contributed by atoms with Gasteiger partial charge in [0.05, 0.1) is 18.0 Å². The fourth-order valence-electron chi connectivity index (χ4n) is 4.85. The summed E-state index contributed by atoms with van der Waals surface area (Å²) in [6.07, 6.45) is 8.85. The first-order valence-electron chi connectivity index (χ1n) is 12.4. The second-order valence-electron chi connectivity index (χ2n) is 9.84. The zero-order valence-electron chi connectivity index (χ0n) is 21.2. The van der Waals surface area contributed by atoms with Crippen LogP contribution in [0.1, 0.15) is 56.4 Å². The number of nitrogens with zero attached hydrogens (tertiary/aromatic N) is 7. The molecule has 0 unspecified atom stereocenters. The Morgan fingerprint density at radius 3 is 2.65 bits per heavy atom. The SMILES string of the molecule is CCC[C@@H](C)Oc1nc(N)c2ncc(Cc3cnc(N4CCC(CN(C)C)CC4)c(C)c3)n2n1. The summed E-state index contributed by atoms with van der Waals surface area (Å²) >= 11 is 0. The molecule has 3 aromatic heterocycles. The van der Waals surface area contributed by atoms with E-state index >= 15 is 0 Å². The van der Waals surface area contributed by atoms with Gasteiger partial charge in [0.15, 0.2) is 11.5 Å². The van der Waals surface area contributed by atoms with Gasteiger partial charge in [-0.05, 0) is 64.3 Å². The van der Waals surface area contributed by atoms with Gasteiger partial charge < -0.3 is 20.3 Å². The zero-order chi connectivity index (χ0) is 24.2. The summed E-state index contributed by atoms with van der Waals surface area (Å²) in [5, 5.41) is 4.56. The maximum absolute atomic E-state index is 6.14. The van der Waals surface area contributed by atoms with E-state index in [-0.39, 0.29) is 12.1 Å².